The van der Waals surface area contributed by atoms with E-state index in [4.69, 9.17) is 0 Å². The number of nitrogens with zero attached hydrogens (tertiary/aromatic N) is 1. The average molecular weight is 457 g/mol. The van der Waals surface area contributed by atoms with Gasteiger partial charge in [-0.05, 0) is 0 Å². The molecule has 2 amide bonds. The molecule has 1 unspecified atom stereocenters. The number of carbonyl (C=O) groups is 2. The summed E-state index contributed by atoms with van der Waals surface area (Å²) < 4.78 is 39.4. The molecule has 150 valence electrons. The molecule has 0 bridgehead atoms. The molecule has 0 aliphatic rings. The second-order valence-corrected chi connectivity index (χ2v) is 9.00. The van der Waals surface area contributed by atoms with Crippen LogP contribution in [0.2, 0.25) is 4.82 Å². The second-order valence-electron chi connectivity index (χ2n) is 6.32. The fraction of sp³-hybridized carbons (Fsp3) is 0.300. The van der Waals surface area contributed by atoms with Gasteiger partial charge in [-0.15, -0.1) is 0 Å². The van der Waals surface area contributed by atoms with Crippen LogP contribution in [0.25, 0.3) is 0 Å². The van der Waals surface area contributed by atoms with Crippen molar-refractivity contribution in [3.63, 3.8) is 0 Å². The quantitative estimate of drug-likeness (QED) is 0.651. The second kappa shape index (κ2) is 9.75. The first kappa shape index (κ1) is 22.0. The van der Waals surface area contributed by atoms with E-state index in [1.807, 2.05) is 30.3 Å². The van der Waals surface area contributed by atoms with Crippen molar-refractivity contribution >= 4 is 31.2 Å². The van der Waals surface area contributed by atoms with Crippen LogP contribution in [0.1, 0.15) is 18.0 Å². The van der Waals surface area contributed by atoms with Crippen LogP contribution >= 0.6 is 0 Å². The number of rotatable bonds is 7. The van der Waals surface area contributed by atoms with Gasteiger partial charge in [-0.2, -0.15) is 0 Å². The topological polar surface area (TPSA) is 49.4 Å². The summed E-state index contributed by atoms with van der Waals surface area (Å²) in [6.07, 6.45) is -4.91. The van der Waals surface area contributed by atoms with E-state index in [1.54, 1.807) is 44.4 Å². The molecule has 2 atom stereocenters. The third-order valence-electron chi connectivity index (χ3n) is 3.95. The predicted molar refractivity (Wildman–Crippen MR) is 102 cm³/mol. The van der Waals surface area contributed by atoms with Crippen molar-refractivity contribution in [2.24, 2.45) is 0 Å². The molecule has 0 spiro atoms. The summed E-state index contributed by atoms with van der Waals surface area (Å²) in [4.78, 5) is 25.2. The van der Waals surface area contributed by atoms with Crippen LogP contribution in [0.3, 0.4) is 0 Å². The van der Waals surface area contributed by atoms with E-state index in [9.17, 15) is 22.8 Å². The van der Waals surface area contributed by atoms with Crippen LogP contribution in [0, 0.1) is 0 Å². The number of hydrogen-bond donors (Lipinski definition) is 1. The van der Waals surface area contributed by atoms with E-state index in [0.29, 0.717) is 5.56 Å². The summed E-state index contributed by atoms with van der Waals surface area (Å²) in [6, 6.07) is 16.8. The van der Waals surface area contributed by atoms with E-state index in [0.717, 1.165) is 4.46 Å². The minimum atomic E-state index is -4.99. The fourth-order valence-corrected chi connectivity index (χ4v) is 5.18. The SMILES string of the molecule is CN(C)C(=O)C(C[C@@H](NC(=O)C(F)(F)F)c1ccccc1)[Se]c1ccccc1. The summed E-state index contributed by atoms with van der Waals surface area (Å²) >= 11 is -0.307. The number of hydrogen-bond acceptors (Lipinski definition) is 2. The van der Waals surface area contributed by atoms with Crippen molar-refractivity contribution in [1.82, 2.24) is 10.2 Å². The number of nitrogens with one attached hydrogen (secondary N) is 1. The van der Waals surface area contributed by atoms with Crippen LogP contribution < -0.4 is 9.78 Å². The molecule has 8 heteroatoms. The van der Waals surface area contributed by atoms with Crippen molar-refractivity contribution in [3.05, 3.63) is 66.2 Å². The summed E-state index contributed by atoms with van der Waals surface area (Å²) in [5.41, 5.74) is 0.528. The van der Waals surface area contributed by atoms with E-state index in [1.165, 1.54) is 4.90 Å². The maximum absolute atomic E-state index is 12.8. The van der Waals surface area contributed by atoms with Crippen molar-refractivity contribution in [3.8, 4) is 0 Å². The van der Waals surface area contributed by atoms with Gasteiger partial charge in [0.05, 0.1) is 0 Å². The van der Waals surface area contributed by atoms with Gasteiger partial charge in [0.15, 0.2) is 0 Å². The molecule has 0 fully saturated rings. The maximum atomic E-state index is 12.8. The van der Waals surface area contributed by atoms with Crippen LogP contribution in [0.15, 0.2) is 60.7 Å². The molecular weight excluding hydrogens is 436 g/mol. The number of halogens is 3. The molecular formula is C20H21F3N2O2Se. The minimum absolute atomic E-state index is 0.0811. The summed E-state index contributed by atoms with van der Waals surface area (Å²) in [7, 11) is 3.23. The van der Waals surface area contributed by atoms with Crippen molar-refractivity contribution in [2.45, 2.75) is 23.5 Å². The molecule has 2 rings (SSSR count). The number of carbonyl (C=O) groups excluding carboxylic acids is 2. The predicted octanol–water partition coefficient (Wildman–Crippen LogP) is 2.70. The van der Waals surface area contributed by atoms with Crippen LogP contribution in [-0.4, -0.2) is 51.9 Å². The Morgan fingerprint density at radius 2 is 1.54 bits per heavy atom. The van der Waals surface area contributed by atoms with E-state index < -0.39 is 22.9 Å². The van der Waals surface area contributed by atoms with E-state index >= 15 is 0 Å². The molecule has 0 aliphatic heterocycles. The summed E-state index contributed by atoms with van der Waals surface area (Å²) in [6.45, 7) is 0. The molecule has 28 heavy (non-hydrogen) atoms. The molecule has 4 nitrogen and oxygen atoms in total. The van der Waals surface area contributed by atoms with E-state index in [-0.39, 0.29) is 27.3 Å². The molecule has 0 aliphatic carbocycles. The summed E-state index contributed by atoms with van der Waals surface area (Å²) in [5, 5.41) is 2.06. The zero-order valence-electron chi connectivity index (χ0n) is 15.4. The average Bonchev–Trinajstić information content (AvgIpc) is 2.66. The Balaban J connectivity index is 2.30. The zero-order valence-corrected chi connectivity index (χ0v) is 17.2. The van der Waals surface area contributed by atoms with Crippen molar-refractivity contribution in [1.29, 1.82) is 0 Å². The van der Waals surface area contributed by atoms with E-state index in [2.05, 4.69) is 5.32 Å². The zero-order chi connectivity index (χ0) is 20.7. The van der Waals surface area contributed by atoms with Gasteiger partial charge >= 0.3 is 168 Å². The first-order valence-corrected chi connectivity index (χ1v) is 10.4. The summed E-state index contributed by atoms with van der Waals surface area (Å²) in [5.74, 6) is -2.18. The van der Waals surface area contributed by atoms with Gasteiger partial charge in [0.25, 0.3) is 0 Å². The monoisotopic (exact) mass is 458 g/mol. The normalized spacial score (nSPS) is 13.5. The van der Waals surface area contributed by atoms with Gasteiger partial charge < -0.3 is 0 Å². The Hall–Kier alpha value is -2.31. The molecule has 2 aromatic carbocycles. The fourth-order valence-electron chi connectivity index (χ4n) is 2.57. The molecule has 0 heterocycles. The Labute approximate surface area is 168 Å². The van der Waals surface area contributed by atoms with Gasteiger partial charge in [0.2, 0.25) is 0 Å². The molecule has 1 N–H and O–H groups in total. The molecule has 0 radical (unpaired) electrons. The Morgan fingerprint density at radius 3 is 2.04 bits per heavy atom. The number of amides is 2. The van der Waals surface area contributed by atoms with Gasteiger partial charge in [-0.25, -0.2) is 0 Å². The van der Waals surface area contributed by atoms with Crippen LogP contribution in [-0.2, 0) is 9.59 Å². The Kier molecular flexibility index (Phi) is 7.66. The number of alkyl halides is 3. The van der Waals surface area contributed by atoms with Gasteiger partial charge in [0, 0.05) is 0 Å². The third-order valence-corrected chi connectivity index (χ3v) is 6.52. The van der Waals surface area contributed by atoms with Gasteiger partial charge in [-0.3, -0.25) is 0 Å². The first-order valence-electron chi connectivity index (χ1n) is 8.54. The van der Waals surface area contributed by atoms with Crippen molar-refractivity contribution < 1.29 is 22.8 Å². The number of benzene rings is 2. The standard InChI is InChI=1S/C20H21F3N2O2Se/c1-25(2)18(26)17(28-15-11-7-4-8-12-15)13-16(14-9-5-3-6-10-14)24-19(27)20(21,22)23/h3-12,16-17H,13H2,1-2H3,(H,24,27)/t16-,17?/m1/s1. The molecule has 0 saturated carbocycles. The van der Waals surface area contributed by atoms with Crippen LogP contribution in [0.4, 0.5) is 13.2 Å². The Bertz CT molecular complexity index is 783. The van der Waals surface area contributed by atoms with Crippen LogP contribution in [0.5, 0.6) is 0 Å². The van der Waals surface area contributed by atoms with Crippen molar-refractivity contribution in [2.75, 3.05) is 14.1 Å². The first-order chi connectivity index (χ1) is 13.2. The molecule has 2 aromatic rings. The van der Waals surface area contributed by atoms with Gasteiger partial charge in [-0.1, -0.05) is 0 Å². The van der Waals surface area contributed by atoms with Gasteiger partial charge in [0.1, 0.15) is 0 Å². The molecule has 0 aromatic heterocycles. The molecule has 0 saturated heterocycles. The Morgan fingerprint density at radius 1 is 1.00 bits per heavy atom. The third kappa shape index (κ3) is 6.39.